The van der Waals surface area contributed by atoms with Gasteiger partial charge >= 0.3 is 0 Å². The molecule has 0 spiro atoms. The zero-order valence-electron chi connectivity index (χ0n) is 10.6. The van der Waals surface area contributed by atoms with Crippen molar-refractivity contribution in [1.29, 1.82) is 0 Å². The summed E-state index contributed by atoms with van der Waals surface area (Å²) < 4.78 is 5.74. The van der Waals surface area contributed by atoms with E-state index in [9.17, 15) is 0 Å². The molecule has 0 aromatic carbocycles. The Morgan fingerprint density at radius 3 is 2.67 bits per heavy atom. The first-order valence-electron chi connectivity index (χ1n) is 6.16. The first kappa shape index (κ1) is 12.9. The van der Waals surface area contributed by atoms with Gasteiger partial charge in [0.25, 0.3) is 0 Å². The Labute approximate surface area is 94.2 Å². The Balaban J connectivity index is 2.18. The Hall–Kier alpha value is -0.120. The fourth-order valence-electron chi connectivity index (χ4n) is 1.87. The minimum Gasteiger partial charge on any atom is -0.374 e. The third-order valence-corrected chi connectivity index (χ3v) is 2.83. The van der Waals surface area contributed by atoms with Crippen LogP contribution >= 0.6 is 0 Å². The van der Waals surface area contributed by atoms with Crippen molar-refractivity contribution in [1.82, 2.24) is 10.2 Å². The summed E-state index contributed by atoms with van der Waals surface area (Å²) in [6, 6.07) is 0.640. The monoisotopic (exact) mass is 214 g/mol. The minimum absolute atomic E-state index is 0.375. The van der Waals surface area contributed by atoms with Crippen molar-refractivity contribution in [3.63, 3.8) is 0 Å². The van der Waals surface area contributed by atoms with Crippen molar-refractivity contribution < 1.29 is 4.74 Å². The molecule has 0 radical (unpaired) electrons. The van der Waals surface area contributed by atoms with Crippen LogP contribution in [0.4, 0.5) is 0 Å². The molecule has 3 nitrogen and oxygen atoms in total. The summed E-state index contributed by atoms with van der Waals surface area (Å²) in [7, 11) is 0. The van der Waals surface area contributed by atoms with Crippen LogP contribution in [0.3, 0.4) is 0 Å². The van der Waals surface area contributed by atoms with Gasteiger partial charge in [-0.3, -0.25) is 4.90 Å². The fourth-order valence-corrected chi connectivity index (χ4v) is 1.87. The summed E-state index contributed by atoms with van der Waals surface area (Å²) in [6.45, 7) is 14.1. The van der Waals surface area contributed by atoms with Crippen molar-refractivity contribution in [3.8, 4) is 0 Å². The molecule has 1 aliphatic heterocycles. The average Bonchev–Trinajstić information content (AvgIpc) is 2.17. The summed E-state index contributed by atoms with van der Waals surface area (Å²) in [5, 5.41) is 3.46. The molecule has 1 fully saturated rings. The number of morpholine rings is 1. The van der Waals surface area contributed by atoms with Gasteiger partial charge in [0, 0.05) is 25.7 Å². The van der Waals surface area contributed by atoms with Gasteiger partial charge in [-0.1, -0.05) is 13.8 Å². The summed E-state index contributed by atoms with van der Waals surface area (Å²) >= 11 is 0. The SMILES string of the molecule is CC(C)CNCC1CN(C(C)C)CCO1. The Kier molecular flexibility index (Phi) is 5.58. The molecule has 1 N–H and O–H groups in total. The van der Waals surface area contributed by atoms with Gasteiger partial charge in [-0.05, 0) is 26.3 Å². The van der Waals surface area contributed by atoms with Gasteiger partial charge < -0.3 is 10.1 Å². The Bertz CT molecular complexity index is 171. The molecule has 1 unspecified atom stereocenters. The maximum absolute atomic E-state index is 5.74. The highest BCUT2D eigenvalue weighted by Crippen LogP contribution is 2.07. The number of ether oxygens (including phenoxy) is 1. The van der Waals surface area contributed by atoms with E-state index in [1.54, 1.807) is 0 Å². The predicted octanol–water partition coefficient (Wildman–Crippen LogP) is 1.34. The van der Waals surface area contributed by atoms with E-state index in [2.05, 4.69) is 37.9 Å². The second-order valence-electron chi connectivity index (χ2n) is 5.13. The fraction of sp³-hybridized carbons (Fsp3) is 1.00. The average molecular weight is 214 g/mol. The van der Waals surface area contributed by atoms with Crippen LogP contribution in [0.15, 0.2) is 0 Å². The van der Waals surface area contributed by atoms with E-state index >= 15 is 0 Å². The quantitative estimate of drug-likeness (QED) is 0.747. The van der Waals surface area contributed by atoms with Gasteiger partial charge in [0.2, 0.25) is 0 Å². The van der Waals surface area contributed by atoms with Crippen LogP contribution in [0.25, 0.3) is 0 Å². The van der Waals surface area contributed by atoms with Gasteiger partial charge in [-0.25, -0.2) is 0 Å². The third-order valence-electron chi connectivity index (χ3n) is 2.83. The van der Waals surface area contributed by atoms with Gasteiger partial charge in [-0.2, -0.15) is 0 Å². The summed E-state index contributed by atoms with van der Waals surface area (Å²) in [5.41, 5.74) is 0. The smallest absolute Gasteiger partial charge is 0.0826 e. The molecule has 0 aliphatic carbocycles. The molecule has 90 valence electrons. The maximum atomic E-state index is 5.74. The largest absolute Gasteiger partial charge is 0.374 e. The molecule has 3 heteroatoms. The molecule has 0 bridgehead atoms. The summed E-state index contributed by atoms with van der Waals surface area (Å²) in [5.74, 6) is 0.717. The van der Waals surface area contributed by atoms with Crippen molar-refractivity contribution in [2.75, 3.05) is 32.8 Å². The molecule has 1 heterocycles. The van der Waals surface area contributed by atoms with Crippen molar-refractivity contribution >= 4 is 0 Å². The second-order valence-corrected chi connectivity index (χ2v) is 5.13. The van der Waals surface area contributed by atoms with E-state index in [4.69, 9.17) is 4.74 Å². The standard InChI is InChI=1S/C12H26N2O/c1-10(2)7-13-8-12-9-14(11(3)4)5-6-15-12/h10-13H,5-9H2,1-4H3. The predicted molar refractivity (Wildman–Crippen MR) is 64.2 cm³/mol. The normalized spacial score (nSPS) is 24.0. The lowest BCUT2D eigenvalue weighted by Gasteiger charge is -2.35. The van der Waals surface area contributed by atoms with Crippen LogP contribution in [0.5, 0.6) is 0 Å². The topological polar surface area (TPSA) is 24.5 Å². The lowest BCUT2D eigenvalue weighted by atomic mass is 10.2. The molecule has 0 amide bonds. The molecule has 0 aromatic rings. The third kappa shape index (κ3) is 4.96. The van der Waals surface area contributed by atoms with Gasteiger partial charge in [0.15, 0.2) is 0 Å². The van der Waals surface area contributed by atoms with Gasteiger partial charge in [-0.15, -0.1) is 0 Å². The van der Waals surface area contributed by atoms with Crippen LogP contribution in [0, 0.1) is 5.92 Å². The van der Waals surface area contributed by atoms with Crippen LogP contribution in [-0.2, 0) is 4.74 Å². The van der Waals surface area contributed by atoms with Crippen molar-refractivity contribution in [2.24, 2.45) is 5.92 Å². The Morgan fingerprint density at radius 2 is 2.07 bits per heavy atom. The highest BCUT2D eigenvalue weighted by molar-refractivity contribution is 4.75. The molecular weight excluding hydrogens is 188 g/mol. The highest BCUT2D eigenvalue weighted by atomic mass is 16.5. The van der Waals surface area contributed by atoms with Crippen molar-refractivity contribution in [3.05, 3.63) is 0 Å². The van der Waals surface area contributed by atoms with E-state index < -0.39 is 0 Å². The van der Waals surface area contributed by atoms with Crippen LogP contribution in [0.2, 0.25) is 0 Å². The number of hydrogen-bond acceptors (Lipinski definition) is 3. The number of rotatable bonds is 5. The van der Waals surface area contributed by atoms with Gasteiger partial charge in [0.05, 0.1) is 12.7 Å². The molecule has 15 heavy (non-hydrogen) atoms. The molecule has 1 atom stereocenters. The van der Waals surface area contributed by atoms with E-state index in [1.807, 2.05) is 0 Å². The number of nitrogens with zero attached hydrogens (tertiary/aromatic N) is 1. The zero-order chi connectivity index (χ0) is 11.3. The van der Waals surface area contributed by atoms with Crippen LogP contribution in [-0.4, -0.2) is 49.8 Å². The highest BCUT2D eigenvalue weighted by Gasteiger charge is 2.21. The minimum atomic E-state index is 0.375. The number of nitrogens with one attached hydrogen (secondary N) is 1. The van der Waals surface area contributed by atoms with E-state index in [0.29, 0.717) is 12.1 Å². The molecule has 0 aromatic heterocycles. The molecule has 1 aliphatic rings. The van der Waals surface area contributed by atoms with Crippen LogP contribution in [0.1, 0.15) is 27.7 Å². The number of hydrogen-bond donors (Lipinski definition) is 1. The van der Waals surface area contributed by atoms with E-state index in [0.717, 1.165) is 38.7 Å². The van der Waals surface area contributed by atoms with Gasteiger partial charge in [0.1, 0.15) is 0 Å². The second kappa shape index (κ2) is 6.46. The lowest BCUT2D eigenvalue weighted by Crippen LogP contribution is -2.49. The first-order chi connectivity index (χ1) is 7.09. The maximum Gasteiger partial charge on any atom is 0.0826 e. The Morgan fingerprint density at radius 1 is 1.33 bits per heavy atom. The van der Waals surface area contributed by atoms with Crippen molar-refractivity contribution in [2.45, 2.75) is 39.8 Å². The van der Waals surface area contributed by atoms with Crippen LogP contribution < -0.4 is 5.32 Å². The van der Waals surface area contributed by atoms with E-state index in [-0.39, 0.29) is 0 Å². The molecule has 1 rings (SSSR count). The zero-order valence-corrected chi connectivity index (χ0v) is 10.6. The first-order valence-corrected chi connectivity index (χ1v) is 6.16. The molecule has 1 saturated heterocycles. The lowest BCUT2D eigenvalue weighted by molar-refractivity contribution is -0.0372. The summed E-state index contributed by atoms with van der Waals surface area (Å²) in [6.07, 6.45) is 0.375. The molecular formula is C12H26N2O. The van der Waals surface area contributed by atoms with E-state index in [1.165, 1.54) is 0 Å². The molecule has 0 saturated carbocycles. The summed E-state index contributed by atoms with van der Waals surface area (Å²) in [4.78, 5) is 2.49.